The summed E-state index contributed by atoms with van der Waals surface area (Å²) in [6.07, 6.45) is 4.17. The Bertz CT molecular complexity index is 223. The second kappa shape index (κ2) is 7.28. The maximum atomic E-state index is 12.0. The van der Waals surface area contributed by atoms with Crippen LogP contribution in [0.1, 0.15) is 39.5 Å². The molecule has 0 aromatic heterocycles. The Morgan fingerprint density at radius 1 is 1.50 bits per heavy atom. The molecule has 2 unspecified atom stereocenters. The van der Waals surface area contributed by atoms with E-state index in [1.165, 1.54) is 0 Å². The fraction of sp³-hybridized carbons (Fsp3) is 0.917. The summed E-state index contributed by atoms with van der Waals surface area (Å²) in [7, 11) is 0. The summed E-state index contributed by atoms with van der Waals surface area (Å²) in [5, 5.41) is 0.804. The van der Waals surface area contributed by atoms with Gasteiger partial charge in [-0.1, -0.05) is 35.7 Å². The van der Waals surface area contributed by atoms with Crippen molar-refractivity contribution < 1.29 is 9.53 Å². The molecule has 1 fully saturated rings. The first kappa shape index (κ1) is 14.0. The first-order valence-electron chi connectivity index (χ1n) is 6.16. The van der Waals surface area contributed by atoms with Crippen molar-refractivity contribution in [2.45, 2.75) is 51.7 Å². The Morgan fingerprint density at radius 2 is 2.25 bits per heavy atom. The van der Waals surface area contributed by atoms with E-state index in [4.69, 9.17) is 4.74 Å². The first-order valence-corrected chi connectivity index (χ1v) is 7.28. The predicted octanol–water partition coefficient (Wildman–Crippen LogP) is 2.58. The molecule has 0 bridgehead atoms. The van der Waals surface area contributed by atoms with E-state index in [0.717, 1.165) is 31.1 Å². The Kier molecular flexibility index (Phi) is 6.36. The molecule has 0 spiro atoms. The number of hydrogen-bond donors (Lipinski definition) is 0. The van der Waals surface area contributed by atoms with Crippen LogP contribution in [0.5, 0.6) is 0 Å². The molecule has 1 amide bonds. The number of unbranched alkanes of at least 4 members (excludes halogenated alkanes) is 2. The van der Waals surface area contributed by atoms with Gasteiger partial charge in [0.25, 0.3) is 0 Å². The second-order valence-corrected chi connectivity index (χ2v) is 5.11. The van der Waals surface area contributed by atoms with Crippen LogP contribution in [0, 0.1) is 0 Å². The summed E-state index contributed by atoms with van der Waals surface area (Å²) in [6, 6.07) is 0.226. The highest BCUT2D eigenvalue weighted by atomic mass is 79.9. The molecule has 0 saturated carbocycles. The summed E-state index contributed by atoms with van der Waals surface area (Å²) in [5.41, 5.74) is 0. The van der Waals surface area contributed by atoms with Gasteiger partial charge in [0, 0.05) is 18.3 Å². The SMILES string of the molecule is CCCCCC(=O)N1CC(CBr)OCC1C. The fourth-order valence-corrected chi connectivity index (χ4v) is 2.32. The molecule has 2 atom stereocenters. The number of carbonyl (C=O) groups excluding carboxylic acids is 1. The average molecular weight is 292 g/mol. The highest BCUT2D eigenvalue weighted by Gasteiger charge is 2.28. The van der Waals surface area contributed by atoms with Gasteiger partial charge in [-0.15, -0.1) is 0 Å². The quantitative estimate of drug-likeness (QED) is 0.576. The molecule has 3 nitrogen and oxygen atoms in total. The normalized spacial score (nSPS) is 25.8. The van der Waals surface area contributed by atoms with Gasteiger partial charge in [0.15, 0.2) is 0 Å². The molecule has 0 aromatic rings. The van der Waals surface area contributed by atoms with Crippen LogP contribution in [0.25, 0.3) is 0 Å². The average Bonchev–Trinajstić information content (AvgIpc) is 2.30. The highest BCUT2D eigenvalue weighted by Crippen LogP contribution is 2.15. The van der Waals surface area contributed by atoms with E-state index in [2.05, 4.69) is 29.8 Å². The van der Waals surface area contributed by atoms with Gasteiger partial charge in [-0.2, -0.15) is 0 Å². The summed E-state index contributed by atoms with van der Waals surface area (Å²) in [4.78, 5) is 14.0. The number of hydrogen-bond acceptors (Lipinski definition) is 2. The topological polar surface area (TPSA) is 29.5 Å². The molecule has 94 valence electrons. The van der Waals surface area contributed by atoms with Crippen LogP contribution in [0.4, 0.5) is 0 Å². The molecule has 1 aliphatic heterocycles. The van der Waals surface area contributed by atoms with Gasteiger partial charge in [-0.05, 0) is 13.3 Å². The van der Waals surface area contributed by atoms with Crippen molar-refractivity contribution in [2.24, 2.45) is 0 Å². The van der Waals surface area contributed by atoms with E-state index in [1.807, 2.05) is 4.90 Å². The van der Waals surface area contributed by atoms with Crippen molar-refractivity contribution in [1.82, 2.24) is 4.90 Å². The third-order valence-corrected chi connectivity index (χ3v) is 3.71. The van der Waals surface area contributed by atoms with Gasteiger partial charge in [0.1, 0.15) is 0 Å². The number of rotatable bonds is 5. The van der Waals surface area contributed by atoms with Crippen LogP contribution in [0.3, 0.4) is 0 Å². The maximum Gasteiger partial charge on any atom is 0.222 e. The molecular weight excluding hydrogens is 270 g/mol. The molecule has 1 saturated heterocycles. The van der Waals surface area contributed by atoms with Crippen LogP contribution >= 0.6 is 15.9 Å². The lowest BCUT2D eigenvalue weighted by Crippen LogP contribution is -2.51. The van der Waals surface area contributed by atoms with E-state index in [1.54, 1.807) is 0 Å². The van der Waals surface area contributed by atoms with Crippen molar-refractivity contribution in [1.29, 1.82) is 0 Å². The molecule has 0 radical (unpaired) electrons. The number of alkyl halides is 1. The zero-order valence-corrected chi connectivity index (χ0v) is 11.8. The number of ether oxygens (including phenoxy) is 1. The van der Waals surface area contributed by atoms with Crippen molar-refractivity contribution in [3.63, 3.8) is 0 Å². The summed E-state index contributed by atoms with van der Waals surface area (Å²) in [6.45, 7) is 5.61. The van der Waals surface area contributed by atoms with Crippen molar-refractivity contribution in [2.75, 3.05) is 18.5 Å². The standard InChI is InChI=1S/C12H22BrNO2/c1-3-4-5-6-12(15)14-8-11(7-13)16-9-10(14)2/h10-11H,3-9H2,1-2H3. The first-order chi connectivity index (χ1) is 7.69. The van der Waals surface area contributed by atoms with Gasteiger partial charge in [-0.25, -0.2) is 0 Å². The molecule has 1 aliphatic rings. The van der Waals surface area contributed by atoms with E-state index in [0.29, 0.717) is 13.0 Å². The molecule has 0 N–H and O–H groups in total. The smallest absolute Gasteiger partial charge is 0.222 e. The number of amides is 1. The largest absolute Gasteiger partial charge is 0.373 e. The van der Waals surface area contributed by atoms with Gasteiger partial charge in [-0.3, -0.25) is 4.79 Å². The third-order valence-electron chi connectivity index (χ3n) is 2.99. The van der Waals surface area contributed by atoms with E-state index in [-0.39, 0.29) is 18.1 Å². The fourth-order valence-electron chi connectivity index (χ4n) is 1.93. The van der Waals surface area contributed by atoms with Crippen LogP contribution in [-0.4, -0.2) is 41.4 Å². The van der Waals surface area contributed by atoms with E-state index in [9.17, 15) is 4.79 Å². The van der Waals surface area contributed by atoms with Gasteiger partial charge in [0.05, 0.1) is 18.8 Å². The minimum atomic E-state index is 0.159. The number of morpholine rings is 1. The van der Waals surface area contributed by atoms with Gasteiger partial charge >= 0.3 is 0 Å². The summed E-state index contributed by atoms with van der Waals surface area (Å²) in [5.74, 6) is 0.287. The molecule has 1 rings (SSSR count). The Balaban J connectivity index is 2.39. The summed E-state index contributed by atoms with van der Waals surface area (Å²) < 4.78 is 5.60. The third kappa shape index (κ3) is 4.06. The Hall–Kier alpha value is -0.0900. The molecule has 4 heteroatoms. The lowest BCUT2D eigenvalue weighted by molar-refractivity contribution is -0.143. The van der Waals surface area contributed by atoms with Crippen LogP contribution in [0.15, 0.2) is 0 Å². The van der Waals surface area contributed by atoms with Crippen molar-refractivity contribution in [3.05, 3.63) is 0 Å². The van der Waals surface area contributed by atoms with Gasteiger partial charge < -0.3 is 9.64 Å². The maximum absolute atomic E-state index is 12.0. The lowest BCUT2D eigenvalue weighted by atomic mass is 10.1. The number of halogens is 1. The van der Waals surface area contributed by atoms with Crippen LogP contribution in [-0.2, 0) is 9.53 Å². The minimum Gasteiger partial charge on any atom is -0.373 e. The predicted molar refractivity (Wildman–Crippen MR) is 68.9 cm³/mol. The molecule has 0 aliphatic carbocycles. The zero-order valence-electron chi connectivity index (χ0n) is 10.2. The minimum absolute atomic E-state index is 0.159. The Morgan fingerprint density at radius 3 is 2.88 bits per heavy atom. The molecule has 16 heavy (non-hydrogen) atoms. The highest BCUT2D eigenvalue weighted by molar-refractivity contribution is 9.09. The van der Waals surface area contributed by atoms with Gasteiger partial charge in [0.2, 0.25) is 5.91 Å². The summed E-state index contributed by atoms with van der Waals surface area (Å²) >= 11 is 3.41. The van der Waals surface area contributed by atoms with Crippen molar-refractivity contribution in [3.8, 4) is 0 Å². The second-order valence-electron chi connectivity index (χ2n) is 4.46. The molecule has 0 aromatic carbocycles. The lowest BCUT2D eigenvalue weighted by Gasteiger charge is -2.37. The van der Waals surface area contributed by atoms with Crippen molar-refractivity contribution >= 4 is 21.8 Å². The zero-order chi connectivity index (χ0) is 12.0. The van der Waals surface area contributed by atoms with Crippen LogP contribution in [0.2, 0.25) is 0 Å². The molecule has 1 heterocycles. The number of nitrogens with zero attached hydrogens (tertiary/aromatic N) is 1. The molecular formula is C12H22BrNO2. The Labute approximate surface area is 107 Å². The number of carbonyl (C=O) groups is 1. The van der Waals surface area contributed by atoms with E-state index >= 15 is 0 Å². The van der Waals surface area contributed by atoms with Crippen LogP contribution < -0.4 is 0 Å². The van der Waals surface area contributed by atoms with E-state index < -0.39 is 0 Å². The monoisotopic (exact) mass is 291 g/mol.